The van der Waals surface area contributed by atoms with Gasteiger partial charge in [0.25, 0.3) is 0 Å². The van der Waals surface area contributed by atoms with Gasteiger partial charge in [-0.1, -0.05) is 51.9 Å². The molecule has 0 fully saturated rings. The highest BCUT2D eigenvalue weighted by Crippen LogP contribution is 2.09. The Hall–Kier alpha value is -0.570. The van der Waals surface area contributed by atoms with Crippen LogP contribution in [0.4, 0.5) is 0 Å². The van der Waals surface area contributed by atoms with Crippen LogP contribution < -0.4 is 11.1 Å². The third kappa shape index (κ3) is 13.4. The topological polar surface area (TPSA) is 55.1 Å². The molecule has 3 heteroatoms. The number of unbranched alkanes of at least 4 members (excludes halogenated alkanes) is 7. The number of amides is 1. The fraction of sp³-hybridized carbons (Fsp3) is 0.929. The minimum atomic E-state index is 0.185. The van der Waals surface area contributed by atoms with Crippen LogP contribution in [0.1, 0.15) is 71.1 Å². The quantitative estimate of drug-likeness (QED) is 0.517. The van der Waals surface area contributed by atoms with Crippen LogP contribution in [0.15, 0.2) is 0 Å². The fourth-order valence-electron chi connectivity index (χ4n) is 1.84. The first kappa shape index (κ1) is 16.4. The van der Waals surface area contributed by atoms with Crippen LogP contribution in [-0.2, 0) is 4.79 Å². The number of hydrogen-bond acceptors (Lipinski definition) is 2. The van der Waals surface area contributed by atoms with Crippen molar-refractivity contribution in [1.82, 2.24) is 5.32 Å². The minimum Gasteiger partial charge on any atom is -0.356 e. The van der Waals surface area contributed by atoms with Crippen LogP contribution >= 0.6 is 0 Å². The Labute approximate surface area is 107 Å². The molecule has 0 radical (unpaired) electrons. The highest BCUT2D eigenvalue weighted by molar-refractivity contribution is 5.75. The highest BCUT2D eigenvalue weighted by Gasteiger charge is 1.99. The number of carbonyl (C=O) groups excluding carboxylic acids is 1. The maximum absolute atomic E-state index is 11.3. The van der Waals surface area contributed by atoms with Crippen LogP contribution in [0.25, 0.3) is 0 Å². The van der Waals surface area contributed by atoms with E-state index in [4.69, 9.17) is 5.73 Å². The van der Waals surface area contributed by atoms with Crippen molar-refractivity contribution in [3.05, 3.63) is 0 Å². The van der Waals surface area contributed by atoms with Crippen molar-refractivity contribution in [2.24, 2.45) is 5.73 Å². The van der Waals surface area contributed by atoms with Crippen molar-refractivity contribution in [3.8, 4) is 0 Å². The van der Waals surface area contributed by atoms with Gasteiger partial charge in [-0.3, -0.25) is 4.79 Å². The van der Waals surface area contributed by atoms with Crippen molar-refractivity contribution < 1.29 is 4.79 Å². The molecule has 3 N–H and O–H groups in total. The molecule has 0 aliphatic heterocycles. The normalized spacial score (nSPS) is 10.5. The Bertz CT molecular complexity index is 172. The molecular weight excluding hydrogens is 212 g/mol. The van der Waals surface area contributed by atoms with E-state index in [1.165, 1.54) is 44.9 Å². The summed E-state index contributed by atoms with van der Waals surface area (Å²) in [4.78, 5) is 11.3. The van der Waals surface area contributed by atoms with Gasteiger partial charge in [0.2, 0.25) is 5.91 Å². The molecule has 0 aromatic rings. The number of hydrogen-bond donors (Lipinski definition) is 2. The second-order valence-corrected chi connectivity index (χ2v) is 4.72. The van der Waals surface area contributed by atoms with E-state index >= 15 is 0 Å². The summed E-state index contributed by atoms with van der Waals surface area (Å²) in [5, 5.41) is 2.88. The molecule has 0 saturated carbocycles. The SMILES string of the molecule is CCCCCCCCCCC(=O)NCCCN. The van der Waals surface area contributed by atoms with Crippen LogP contribution in [0, 0.1) is 0 Å². The Kier molecular flexibility index (Phi) is 13.0. The molecule has 0 aliphatic rings. The van der Waals surface area contributed by atoms with E-state index in [9.17, 15) is 4.79 Å². The summed E-state index contributed by atoms with van der Waals surface area (Å²) >= 11 is 0. The lowest BCUT2D eigenvalue weighted by Gasteiger charge is -2.04. The standard InChI is InChI=1S/C14H30N2O/c1-2-3-4-5-6-7-8-9-11-14(17)16-13-10-12-15/h2-13,15H2,1H3,(H,16,17). The number of nitrogens with two attached hydrogens (primary N) is 1. The molecule has 0 heterocycles. The minimum absolute atomic E-state index is 0.185. The van der Waals surface area contributed by atoms with Crippen molar-refractivity contribution in [2.75, 3.05) is 13.1 Å². The summed E-state index contributed by atoms with van der Waals surface area (Å²) < 4.78 is 0. The smallest absolute Gasteiger partial charge is 0.219 e. The zero-order valence-corrected chi connectivity index (χ0v) is 11.5. The van der Waals surface area contributed by atoms with Crippen LogP contribution in [-0.4, -0.2) is 19.0 Å². The molecule has 3 nitrogen and oxygen atoms in total. The van der Waals surface area contributed by atoms with E-state index in [-0.39, 0.29) is 5.91 Å². The van der Waals surface area contributed by atoms with E-state index in [0.29, 0.717) is 13.0 Å². The van der Waals surface area contributed by atoms with Crippen LogP contribution in [0.5, 0.6) is 0 Å². The van der Waals surface area contributed by atoms with Gasteiger partial charge in [-0.05, 0) is 19.4 Å². The average Bonchev–Trinajstić information content (AvgIpc) is 2.33. The van der Waals surface area contributed by atoms with Crippen molar-refractivity contribution in [1.29, 1.82) is 0 Å². The van der Waals surface area contributed by atoms with Gasteiger partial charge in [-0.15, -0.1) is 0 Å². The lowest BCUT2D eigenvalue weighted by Crippen LogP contribution is -2.25. The van der Waals surface area contributed by atoms with Crippen molar-refractivity contribution in [3.63, 3.8) is 0 Å². The zero-order chi connectivity index (χ0) is 12.8. The van der Waals surface area contributed by atoms with E-state index in [1.807, 2.05) is 0 Å². The highest BCUT2D eigenvalue weighted by atomic mass is 16.1. The van der Waals surface area contributed by atoms with Gasteiger partial charge >= 0.3 is 0 Å². The lowest BCUT2D eigenvalue weighted by atomic mass is 10.1. The number of nitrogens with one attached hydrogen (secondary N) is 1. The van der Waals surface area contributed by atoms with Gasteiger partial charge in [0.1, 0.15) is 0 Å². The zero-order valence-electron chi connectivity index (χ0n) is 11.5. The molecular formula is C14H30N2O. The van der Waals surface area contributed by atoms with Gasteiger partial charge in [0.15, 0.2) is 0 Å². The molecule has 0 aromatic heterocycles. The van der Waals surface area contributed by atoms with Gasteiger partial charge < -0.3 is 11.1 Å². The molecule has 17 heavy (non-hydrogen) atoms. The Morgan fingerprint density at radius 3 is 2.12 bits per heavy atom. The second kappa shape index (κ2) is 13.5. The fourth-order valence-corrected chi connectivity index (χ4v) is 1.84. The first-order chi connectivity index (χ1) is 8.31. The van der Waals surface area contributed by atoms with Crippen molar-refractivity contribution >= 4 is 5.91 Å². The Morgan fingerprint density at radius 2 is 1.53 bits per heavy atom. The van der Waals surface area contributed by atoms with Gasteiger partial charge in [-0.2, -0.15) is 0 Å². The van der Waals surface area contributed by atoms with Gasteiger partial charge in [-0.25, -0.2) is 0 Å². The first-order valence-electron chi connectivity index (χ1n) is 7.28. The van der Waals surface area contributed by atoms with E-state index in [2.05, 4.69) is 12.2 Å². The maximum atomic E-state index is 11.3. The molecule has 102 valence electrons. The largest absolute Gasteiger partial charge is 0.356 e. The Morgan fingerprint density at radius 1 is 0.941 bits per heavy atom. The number of carbonyl (C=O) groups is 1. The average molecular weight is 242 g/mol. The summed E-state index contributed by atoms with van der Waals surface area (Å²) in [7, 11) is 0. The molecule has 0 bridgehead atoms. The predicted molar refractivity (Wildman–Crippen MR) is 73.9 cm³/mol. The van der Waals surface area contributed by atoms with Gasteiger partial charge in [0.05, 0.1) is 0 Å². The summed E-state index contributed by atoms with van der Waals surface area (Å²) in [6.45, 7) is 3.62. The predicted octanol–water partition coefficient (Wildman–Crippen LogP) is 2.98. The molecule has 0 rings (SSSR count). The van der Waals surface area contributed by atoms with E-state index in [0.717, 1.165) is 19.4 Å². The molecule has 1 amide bonds. The Balaban J connectivity index is 3.08. The molecule has 0 atom stereocenters. The molecule has 0 saturated heterocycles. The third-order valence-electron chi connectivity index (χ3n) is 2.96. The van der Waals surface area contributed by atoms with E-state index in [1.54, 1.807) is 0 Å². The third-order valence-corrected chi connectivity index (χ3v) is 2.96. The lowest BCUT2D eigenvalue weighted by molar-refractivity contribution is -0.121. The summed E-state index contributed by atoms with van der Waals surface area (Å²) in [5.41, 5.74) is 5.35. The molecule has 0 aliphatic carbocycles. The molecule has 0 aromatic carbocycles. The van der Waals surface area contributed by atoms with E-state index < -0.39 is 0 Å². The molecule has 0 spiro atoms. The summed E-state index contributed by atoms with van der Waals surface area (Å²) in [5.74, 6) is 0.185. The first-order valence-corrected chi connectivity index (χ1v) is 7.28. The summed E-state index contributed by atoms with van der Waals surface area (Å²) in [6, 6.07) is 0. The van der Waals surface area contributed by atoms with Crippen LogP contribution in [0.3, 0.4) is 0 Å². The van der Waals surface area contributed by atoms with Gasteiger partial charge in [0, 0.05) is 13.0 Å². The van der Waals surface area contributed by atoms with Crippen LogP contribution in [0.2, 0.25) is 0 Å². The second-order valence-electron chi connectivity index (χ2n) is 4.72. The maximum Gasteiger partial charge on any atom is 0.219 e. The number of rotatable bonds is 12. The summed E-state index contributed by atoms with van der Waals surface area (Å²) in [6.07, 6.45) is 11.8. The molecule has 0 unspecified atom stereocenters. The van der Waals surface area contributed by atoms with Crippen molar-refractivity contribution in [2.45, 2.75) is 71.1 Å². The monoisotopic (exact) mass is 242 g/mol.